The van der Waals surface area contributed by atoms with Crippen LogP contribution in [0, 0.1) is 0 Å². The highest BCUT2D eigenvalue weighted by atomic mass is 127. The maximum Gasteiger partial charge on any atom is 0.226 e. The quantitative estimate of drug-likeness (QED) is 0.290. The average Bonchev–Trinajstić information content (AvgIpc) is 3.43. The summed E-state index contributed by atoms with van der Waals surface area (Å²) >= 11 is 0. The van der Waals surface area contributed by atoms with E-state index in [1.54, 1.807) is 6.26 Å². The van der Waals surface area contributed by atoms with E-state index in [2.05, 4.69) is 57.8 Å². The Morgan fingerprint density at radius 1 is 1.13 bits per heavy atom. The number of aromatic nitrogens is 1. The highest BCUT2D eigenvalue weighted by molar-refractivity contribution is 14.0. The van der Waals surface area contributed by atoms with Gasteiger partial charge in [0.05, 0.1) is 6.54 Å². The maximum absolute atomic E-state index is 5.61. The predicted molar refractivity (Wildman–Crippen MR) is 132 cm³/mol. The molecule has 2 N–H and O–H groups in total. The monoisotopic (exact) mass is 517 g/mol. The summed E-state index contributed by atoms with van der Waals surface area (Å²) in [6, 6.07) is 20.8. The molecule has 1 fully saturated rings. The molecule has 0 spiro atoms. The van der Waals surface area contributed by atoms with Crippen molar-refractivity contribution in [3.8, 4) is 11.5 Å². The number of nitrogens with one attached hydrogen (secondary N) is 2. The van der Waals surface area contributed by atoms with Gasteiger partial charge in [-0.1, -0.05) is 36.4 Å². The van der Waals surface area contributed by atoms with E-state index in [0.717, 1.165) is 43.3 Å². The minimum absolute atomic E-state index is 0. The minimum Gasteiger partial charge on any atom is -0.444 e. The van der Waals surface area contributed by atoms with Gasteiger partial charge in [-0.3, -0.25) is 0 Å². The SMILES string of the molecule is CCNC(=NCc1coc(-c2ccccc2)n1)NC1CCN(c2ccccc2)C1.I. The normalized spacial score (nSPS) is 16.2. The lowest BCUT2D eigenvalue weighted by molar-refractivity contribution is 0.572. The Hall–Kier alpha value is -2.55. The Balaban J connectivity index is 0.00000256. The van der Waals surface area contributed by atoms with Crippen LogP contribution in [-0.4, -0.2) is 36.6 Å². The molecular formula is C23H28IN5O. The lowest BCUT2D eigenvalue weighted by Gasteiger charge is -2.20. The molecule has 6 nitrogen and oxygen atoms in total. The van der Waals surface area contributed by atoms with Crippen LogP contribution in [-0.2, 0) is 6.54 Å². The molecule has 2 aromatic carbocycles. The molecule has 1 saturated heterocycles. The molecule has 1 aliphatic rings. The fraction of sp³-hybridized carbons (Fsp3) is 0.304. The zero-order valence-corrected chi connectivity index (χ0v) is 19.5. The minimum atomic E-state index is 0. The fourth-order valence-corrected chi connectivity index (χ4v) is 3.52. The predicted octanol–water partition coefficient (Wildman–Crippen LogP) is 4.29. The number of para-hydroxylation sites is 1. The van der Waals surface area contributed by atoms with Gasteiger partial charge in [0.15, 0.2) is 5.96 Å². The van der Waals surface area contributed by atoms with E-state index in [1.165, 1.54) is 5.69 Å². The summed E-state index contributed by atoms with van der Waals surface area (Å²) < 4.78 is 5.61. The molecule has 0 bridgehead atoms. The first-order chi connectivity index (χ1) is 14.3. The molecule has 1 atom stereocenters. The summed E-state index contributed by atoms with van der Waals surface area (Å²) in [4.78, 5) is 11.7. The molecule has 30 heavy (non-hydrogen) atoms. The van der Waals surface area contributed by atoms with Crippen molar-refractivity contribution in [2.45, 2.75) is 25.9 Å². The van der Waals surface area contributed by atoms with Gasteiger partial charge in [0.25, 0.3) is 0 Å². The van der Waals surface area contributed by atoms with Gasteiger partial charge in [0.1, 0.15) is 12.0 Å². The zero-order chi connectivity index (χ0) is 19.9. The Morgan fingerprint density at radius 3 is 2.60 bits per heavy atom. The highest BCUT2D eigenvalue weighted by Crippen LogP contribution is 2.20. The molecule has 4 rings (SSSR count). The van der Waals surface area contributed by atoms with Crippen LogP contribution < -0.4 is 15.5 Å². The van der Waals surface area contributed by atoms with Crippen LogP contribution in [0.5, 0.6) is 0 Å². The molecule has 1 aromatic heterocycles. The topological polar surface area (TPSA) is 65.7 Å². The Labute approximate surface area is 194 Å². The first-order valence-electron chi connectivity index (χ1n) is 10.2. The van der Waals surface area contributed by atoms with Crippen molar-refractivity contribution in [2.75, 3.05) is 24.5 Å². The van der Waals surface area contributed by atoms with E-state index in [4.69, 9.17) is 9.41 Å². The molecule has 3 aromatic rings. The Kier molecular flexibility index (Phi) is 8.12. The largest absolute Gasteiger partial charge is 0.444 e. The van der Waals surface area contributed by atoms with Gasteiger partial charge in [-0.05, 0) is 37.6 Å². The molecule has 1 unspecified atom stereocenters. The molecule has 2 heterocycles. The Morgan fingerprint density at radius 2 is 1.87 bits per heavy atom. The number of nitrogens with zero attached hydrogens (tertiary/aromatic N) is 3. The molecule has 158 valence electrons. The van der Waals surface area contributed by atoms with Crippen molar-refractivity contribution in [1.29, 1.82) is 0 Å². The van der Waals surface area contributed by atoms with Crippen LogP contribution in [0.1, 0.15) is 19.0 Å². The van der Waals surface area contributed by atoms with Crippen molar-refractivity contribution in [1.82, 2.24) is 15.6 Å². The molecule has 1 aliphatic heterocycles. The molecule has 0 radical (unpaired) electrons. The standard InChI is InChI=1S/C23H27N5O.HI/c1-2-24-23(27-19-13-14-28(16-19)21-11-7-4-8-12-21)25-15-20-17-29-22(26-20)18-9-5-3-6-10-18;/h3-12,17,19H,2,13-16H2,1H3,(H2,24,25,27);1H. The second-order valence-corrected chi connectivity index (χ2v) is 7.12. The second kappa shape index (κ2) is 11.0. The van der Waals surface area contributed by atoms with Crippen LogP contribution in [0.2, 0.25) is 0 Å². The summed E-state index contributed by atoms with van der Waals surface area (Å²) in [7, 11) is 0. The number of anilines is 1. The third-order valence-corrected chi connectivity index (χ3v) is 4.97. The summed E-state index contributed by atoms with van der Waals surface area (Å²) in [6.07, 6.45) is 2.77. The summed E-state index contributed by atoms with van der Waals surface area (Å²) in [5.41, 5.74) is 3.06. The van der Waals surface area contributed by atoms with Crippen LogP contribution in [0.4, 0.5) is 5.69 Å². The number of oxazole rings is 1. The van der Waals surface area contributed by atoms with Gasteiger partial charge >= 0.3 is 0 Å². The van der Waals surface area contributed by atoms with Crippen LogP contribution in [0.15, 0.2) is 76.3 Å². The fourth-order valence-electron chi connectivity index (χ4n) is 3.52. The van der Waals surface area contributed by atoms with Crippen molar-refractivity contribution in [2.24, 2.45) is 4.99 Å². The van der Waals surface area contributed by atoms with Gasteiger partial charge in [0.2, 0.25) is 5.89 Å². The molecule has 0 saturated carbocycles. The molecule has 0 aliphatic carbocycles. The average molecular weight is 517 g/mol. The van der Waals surface area contributed by atoms with Crippen LogP contribution in [0.3, 0.4) is 0 Å². The number of guanidine groups is 1. The third kappa shape index (κ3) is 5.75. The van der Waals surface area contributed by atoms with E-state index in [0.29, 0.717) is 18.5 Å². The lowest BCUT2D eigenvalue weighted by atomic mass is 10.2. The lowest BCUT2D eigenvalue weighted by Crippen LogP contribution is -2.44. The third-order valence-electron chi connectivity index (χ3n) is 4.97. The smallest absolute Gasteiger partial charge is 0.226 e. The first kappa shape index (κ1) is 22.1. The van der Waals surface area contributed by atoms with Crippen molar-refractivity contribution in [3.05, 3.63) is 72.6 Å². The van der Waals surface area contributed by atoms with Gasteiger partial charge in [-0.15, -0.1) is 24.0 Å². The number of rotatable bonds is 6. The molecule has 0 amide bonds. The summed E-state index contributed by atoms with van der Waals surface area (Å²) in [5.74, 6) is 1.44. The van der Waals surface area contributed by atoms with Crippen molar-refractivity contribution >= 4 is 35.6 Å². The maximum atomic E-state index is 5.61. The van der Waals surface area contributed by atoms with E-state index >= 15 is 0 Å². The number of benzene rings is 2. The number of aliphatic imine (C=N–C) groups is 1. The number of halogens is 1. The number of hydrogen-bond donors (Lipinski definition) is 2. The van der Waals surface area contributed by atoms with Gasteiger partial charge in [0, 0.05) is 36.9 Å². The van der Waals surface area contributed by atoms with E-state index < -0.39 is 0 Å². The van der Waals surface area contributed by atoms with Crippen LogP contribution >= 0.6 is 24.0 Å². The van der Waals surface area contributed by atoms with Crippen LogP contribution in [0.25, 0.3) is 11.5 Å². The molecule has 7 heteroatoms. The highest BCUT2D eigenvalue weighted by Gasteiger charge is 2.23. The van der Waals surface area contributed by atoms with Gasteiger partial charge in [-0.2, -0.15) is 0 Å². The Bertz CT molecular complexity index is 929. The first-order valence-corrected chi connectivity index (χ1v) is 10.2. The van der Waals surface area contributed by atoms with E-state index in [1.807, 2.05) is 30.3 Å². The van der Waals surface area contributed by atoms with E-state index in [-0.39, 0.29) is 24.0 Å². The van der Waals surface area contributed by atoms with Gasteiger partial charge < -0.3 is 20.0 Å². The van der Waals surface area contributed by atoms with Gasteiger partial charge in [-0.25, -0.2) is 9.98 Å². The van der Waals surface area contributed by atoms with Crippen molar-refractivity contribution < 1.29 is 4.42 Å². The second-order valence-electron chi connectivity index (χ2n) is 7.12. The molecular weight excluding hydrogens is 489 g/mol. The summed E-state index contributed by atoms with van der Waals surface area (Å²) in [5, 5.41) is 6.90. The number of hydrogen-bond acceptors (Lipinski definition) is 4. The van der Waals surface area contributed by atoms with E-state index in [9.17, 15) is 0 Å². The zero-order valence-electron chi connectivity index (χ0n) is 17.1. The van der Waals surface area contributed by atoms with Crippen molar-refractivity contribution in [3.63, 3.8) is 0 Å². The summed E-state index contributed by atoms with van der Waals surface area (Å²) in [6.45, 7) is 5.38.